The third kappa shape index (κ3) is 3.37. The summed E-state index contributed by atoms with van der Waals surface area (Å²) in [5.74, 6) is -0.141. The number of ether oxygens (including phenoxy) is 2. The van der Waals surface area contributed by atoms with Crippen molar-refractivity contribution in [2.24, 2.45) is 5.73 Å². The van der Waals surface area contributed by atoms with E-state index in [1.54, 1.807) is 17.0 Å². The van der Waals surface area contributed by atoms with Gasteiger partial charge < -0.3 is 20.1 Å². The Kier molecular flexibility index (Phi) is 4.73. The lowest BCUT2D eigenvalue weighted by molar-refractivity contribution is -0.126. The summed E-state index contributed by atoms with van der Waals surface area (Å²) in [6.45, 7) is 5.76. The van der Waals surface area contributed by atoms with Crippen LogP contribution in [0.3, 0.4) is 0 Å². The van der Waals surface area contributed by atoms with E-state index in [9.17, 15) is 9.59 Å². The van der Waals surface area contributed by atoms with Crippen molar-refractivity contribution in [3.05, 3.63) is 24.3 Å². The minimum absolute atomic E-state index is 0.0713. The number of primary amides is 1. The van der Waals surface area contributed by atoms with Crippen LogP contribution >= 0.6 is 0 Å². The number of anilines is 1. The monoisotopic (exact) mass is 333 g/mol. The fraction of sp³-hybridized carbons (Fsp3) is 0.529. The van der Waals surface area contributed by atoms with Gasteiger partial charge in [-0.15, -0.1) is 0 Å². The summed E-state index contributed by atoms with van der Waals surface area (Å²) < 4.78 is 11.2. The molecule has 0 saturated carbocycles. The van der Waals surface area contributed by atoms with Crippen LogP contribution in [0.5, 0.6) is 5.75 Å². The Morgan fingerprint density at radius 1 is 1.25 bits per heavy atom. The van der Waals surface area contributed by atoms with Crippen molar-refractivity contribution in [1.82, 2.24) is 4.90 Å². The van der Waals surface area contributed by atoms with Crippen molar-refractivity contribution in [3.63, 3.8) is 0 Å². The Balaban J connectivity index is 1.79. The Labute approximate surface area is 141 Å². The zero-order chi connectivity index (χ0) is 17.3. The Hall–Kier alpha value is -2.12. The maximum absolute atomic E-state index is 12.9. The molecule has 2 heterocycles. The zero-order valence-electron chi connectivity index (χ0n) is 14.0. The van der Waals surface area contributed by atoms with E-state index in [0.29, 0.717) is 24.6 Å². The van der Waals surface area contributed by atoms with Crippen molar-refractivity contribution in [2.45, 2.75) is 32.1 Å². The summed E-state index contributed by atoms with van der Waals surface area (Å²) >= 11 is 0. The third-order valence-corrected chi connectivity index (χ3v) is 4.47. The first-order chi connectivity index (χ1) is 11.5. The maximum Gasteiger partial charge on any atom is 0.260 e. The van der Waals surface area contributed by atoms with Gasteiger partial charge in [-0.2, -0.15) is 0 Å². The molecule has 130 valence electrons. The summed E-state index contributed by atoms with van der Waals surface area (Å²) in [5, 5.41) is 0. The van der Waals surface area contributed by atoms with Crippen molar-refractivity contribution in [1.29, 1.82) is 0 Å². The van der Waals surface area contributed by atoms with Gasteiger partial charge in [-0.25, -0.2) is 0 Å². The van der Waals surface area contributed by atoms with Crippen LogP contribution in [0.4, 0.5) is 5.69 Å². The predicted molar refractivity (Wildman–Crippen MR) is 88.9 cm³/mol. The highest BCUT2D eigenvalue weighted by Gasteiger charge is 2.34. The predicted octanol–water partition coefficient (Wildman–Crippen LogP) is 0.375. The van der Waals surface area contributed by atoms with Gasteiger partial charge in [0, 0.05) is 12.6 Å². The van der Waals surface area contributed by atoms with Crippen LogP contribution < -0.4 is 15.4 Å². The van der Waals surface area contributed by atoms with Gasteiger partial charge in [0.15, 0.2) is 6.10 Å². The van der Waals surface area contributed by atoms with E-state index in [1.807, 2.05) is 26.0 Å². The second-order valence-electron chi connectivity index (χ2n) is 6.40. The molecule has 7 heteroatoms. The van der Waals surface area contributed by atoms with Gasteiger partial charge in [0.2, 0.25) is 5.91 Å². The summed E-state index contributed by atoms with van der Waals surface area (Å²) in [5.41, 5.74) is 6.06. The van der Waals surface area contributed by atoms with Gasteiger partial charge in [-0.3, -0.25) is 14.5 Å². The highest BCUT2D eigenvalue weighted by molar-refractivity contribution is 5.98. The number of para-hydroxylation sites is 2. The Morgan fingerprint density at radius 2 is 2.00 bits per heavy atom. The molecule has 0 radical (unpaired) electrons. The normalized spacial score (nSPS) is 27.2. The van der Waals surface area contributed by atoms with Crippen LogP contribution in [-0.2, 0) is 14.3 Å². The number of benzene rings is 1. The maximum atomic E-state index is 12.9. The number of hydrogen-bond donors (Lipinski definition) is 1. The standard InChI is InChI=1S/C17H23N3O4/c1-11-10-23-12(2)7-19(11)9-16(21)20-8-15(17(18)22)24-14-6-4-3-5-13(14)20/h3-6,11-12,15H,7-10H2,1-2H3,(H2,18,22)/t11-,12+,15-/m0/s1. The number of carbonyl (C=O) groups is 2. The average molecular weight is 333 g/mol. The SMILES string of the molecule is C[C@@H]1CN(CC(=O)N2C[C@@H](C(N)=O)Oc3ccccc32)[C@@H](C)CO1. The molecule has 0 aromatic heterocycles. The largest absolute Gasteiger partial charge is 0.477 e. The summed E-state index contributed by atoms with van der Waals surface area (Å²) in [7, 11) is 0. The molecular formula is C17H23N3O4. The number of fused-ring (bicyclic) bond motifs is 1. The van der Waals surface area contributed by atoms with Crippen LogP contribution in [0, 0.1) is 0 Å². The van der Waals surface area contributed by atoms with E-state index < -0.39 is 12.0 Å². The van der Waals surface area contributed by atoms with E-state index in [0.717, 1.165) is 0 Å². The average Bonchev–Trinajstić information content (AvgIpc) is 2.57. The van der Waals surface area contributed by atoms with Crippen molar-refractivity contribution >= 4 is 17.5 Å². The number of nitrogens with two attached hydrogens (primary N) is 1. The van der Waals surface area contributed by atoms with Crippen LogP contribution in [0.25, 0.3) is 0 Å². The first-order valence-corrected chi connectivity index (χ1v) is 8.16. The molecule has 1 aromatic rings. The van der Waals surface area contributed by atoms with Crippen LogP contribution in [0.1, 0.15) is 13.8 Å². The van der Waals surface area contributed by atoms with Gasteiger partial charge in [0.25, 0.3) is 5.91 Å². The molecule has 24 heavy (non-hydrogen) atoms. The van der Waals surface area contributed by atoms with E-state index in [1.165, 1.54) is 0 Å². The fourth-order valence-electron chi connectivity index (χ4n) is 3.07. The molecule has 2 amide bonds. The highest BCUT2D eigenvalue weighted by atomic mass is 16.5. The molecule has 1 saturated heterocycles. The van der Waals surface area contributed by atoms with E-state index >= 15 is 0 Å². The first-order valence-electron chi connectivity index (χ1n) is 8.16. The lowest BCUT2D eigenvalue weighted by Crippen LogP contribution is -2.55. The molecule has 0 aliphatic carbocycles. The number of nitrogens with zero attached hydrogens (tertiary/aromatic N) is 2. The fourth-order valence-corrected chi connectivity index (χ4v) is 3.07. The molecule has 2 N–H and O–H groups in total. The van der Waals surface area contributed by atoms with Crippen molar-refractivity contribution in [2.75, 3.05) is 31.1 Å². The molecule has 2 aliphatic heterocycles. The van der Waals surface area contributed by atoms with E-state index in [-0.39, 0.29) is 31.1 Å². The Bertz CT molecular complexity index is 636. The molecule has 2 aliphatic rings. The van der Waals surface area contributed by atoms with Gasteiger partial charge >= 0.3 is 0 Å². The van der Waals surface area contributed by atoms with Gasteiger partial charge in [0.1, 0.15) is 5.75 Å². The van der Waals surface area contributed by atoms with Crippen LogP contribution in [0.15, 0.2) is 24.3 Å². The Morgan fingerprint density at radius 3 is 2.75 bits per heavy atom. The molecule has 0 spiro atoms. The zero-order valence-corrected chi connectivity index (χ0v) is 14.0. The van der Waals surface area contributed by atoms with Crippen LogP contribution in [0.2, 0.25) is 0 Å². The van der Waals surface area contributed by atoms with Gasteiger partial charge in [-0.05, 0) is 26.0 Å². The lowest BCUT2D eigenvalue weighted by atomic mass is 10.1. The van der Waals surface area contributed by atoms with Crippen LogP contribution in [-0.4, -0.2) is 61.2 Å². The topological polar surface area (TPSA) is 85.1 Å². The molecule has 7 nitrogen and oxygen atoms in total. The third-order valence-electron chi connectivity index (χ3n) is 4.47. The second kappa shape index (κ2) is 6.78. The van der Waals surface area contributed by atoms with Crippen molar-refractivity contribution < 1.29 is 19.1 Å². The number of carbonyl (C=O) groups excluding carboxylic acids is 2. The van der Waals surface area contributed by atoms with Gasteiger partial charge in [-0.1, -0.05) is 12.1 Å². The molecule has 1 aromatic carbocycles. The number of morpholine rings is 1. The van der Waals surface area contributed by atoms with Gasteiger partial charge in [0.05, 0.1) is 31.5 Å². The summed E-state index contributed by atoms with van der Waals surface area (Å²) in [6.07, 6.45) is -0.728. The summed E-state index contributed by atoms with van der Waals surface area (Å²) in [6, 6.07) is 7.37. The molecule has 3 atom stereocenters. The lowest BCUT2D eigenvalue weighted by Gasteiger charge is -2.39. The quantitative estimate of drug-likeness (QED) is 0.864. The number of hydrogen-bond acceptors (Lipinski definition) is 5. The first kappa shape index (κ1) is 16.7. The molecule has 0 unspecified atom stereocenters. The second-order valence-corrected chi connectivity index (χ2v) is 6.40. The number of rotatable bonds is 3. The molecule has 3 rings (SSSR count). The minimum atomic E-state index is -0.829. The van der Waals surface area contributed by atoms with Crippen molar-refractivity contribution in [3.8, 4) is 5.75 Å². The summed E-state index contributed by atoms with van der Waals surface area (Å²) in [4.78, 5) is 28.1. The minimum Gasteiger partial charge on any atom is -0.477 e. The van der Waals surface area contributed by atoms with E-state index in [2.05, 4.69) is 4.90 Å². The highest BCUT2D eigenvalue weighted by Crippen LogP contribution is 2.33. The smallest absolute Gasteiger partial charge is 0.260 e. The van der Waals surface area contributed by atoms with E-state index in [4.69, 9.17) is 15.2 Å². The molecular weight excluding hydrogens is 310 g/mol. The molecule has 1 fully saturated rings. The molecule has 0 bridgehead atoms. The number of amides is 2.